The predicted octanol–water partition coefficient (Wildman–Crippen LogP) is 1.11. The average molecular weight is 400 g/mol. The first-order valence-electron chi connectivity index (χ1n) is 9.59. The zero-order valence-electron chi connectivity index (χ0n) is 16.7. The van der Waals surface area contributed by atoms with E-state index >= 15 is 0 Å². The second-order valence-corrected chi connectivity index (χ2v) is 5.17. The van der Waals surface area contributed by atoms with Crippen LogP contribution in [0.3, 0.4) is 0 Å². The van der Waals surface area contributed by atoms with Crippen LogP contribution in [0.5, 0.6) is 0 Å². The van der Waals surface area contributed by atoms with Gasteiger partial charge in [0.1, 0.15) is 6.67 Å². The molecule has 0 aromatic heterocycles. The van der Waals surface area contributed by atoms with Crippen molar-refractivity contribution in [3.8, 4) is 0 Å². The van der Waals surface area contributed by atoms with Gasteiger partial charge in [0.15, 0.2) is 0 Å². The van der Waals surface area contributed by atoms with Crippen LogP contribution >= 0.6 is 0 Å². The molecule has 9 heteroatoms. The summed E-state index contributed by atoms with van der Waals surface area (Å²) in [5.41, 5.74) is 0. The third-order valence-electron chi connectivity index (χ3n) is 3.03. The van der Waals surface area contributed by atoms with Crippen molar-refractivity contribution in [2.24, 2.45) is 0 Å². The first kappa shape index (κ1) is 26.6. The van der Waals surface area contributed by atoms with Crippen molar-refractivity contribution in [2.75, 3.05) is 112 Å². The molecule has 0 rings (SSSR count). The maximum Gasteiger partial charge on any atom is 0.113 e. The molecule has 0 aromatic carbocycles. The Morgan fingerprint density at radius 1 is 0.370 bits per heavy atom. The molecule has 0 aliphatic heterocycles. The molecule has 0 atom stereocenters. The monoisotopic (exact) mass is 400 g/mol. The van der Waals surface area contributed by atoms with Gasteiger partial charge in [0.25, 0.3) is 0 Å². The Morgan fingerprint density at radius 2 is 0.593 bits per heavy atom. The first-order chi connectivity index (χ1) is 13.4. The van der Waals surface area contributed by atoms with E-state index in [-0.39, 0.29) is 6.61 Å². The van der Waals surface area contributed by atoms with E-state index in [0.29, 0.717) is 99.1 Å². The van der Waals surface area contributed by atoms with Gasteiger partial charge in [-0.05, 0) is 6.92 Å². The molecule has 0 unspecified atom stereocenters. The molecule has 0 aromatic rings. The minimum absolute atomic E-state index is 0.123. The molecule has 0 aliphatic rings. The van der Waals surface area contributed by atoms with Crippen LogP contribution in [-0.4, -0.2) is 112 Å². The van der Waals surface area contributed by atoms with E-state index in [2.05, 4.69) is 0 Å². The average Bonchev–Trinajstić information content (AvgIpc) is 2.68. The Hall–Kier alpha value is -0.390. The van der Waals surface area contributed by atoms with Gasteiger partial charge in [-0.1, -0.05) is 0 Å². The van der Waals surface area contributed by atoms with E-state index < -0.39 is 6.67 Å². The molecule has 0 saturated carbocycles. The molecule has 0 bridgehead atoms. The second-order valence-electron chi connectivity index (χ2n) is 5.17. The van der Waals surface area contributed by atoms with E-state index in [0.717, 1.165) is 0 Å². The minimum Gasteiger partial charge on any atom is -0.379 e. The molecule has 8 nitrogen and oxygen atoms in total. The van der Waals surface area contributed by atoms with Gasteiger partial charge in [0, 0.05) is 6.61 Å². The normalized spacial score (nSPS) is 11.3. The van der Waals surface area contributed by atoms with Crippen LogP contribution in [0.1, 0.15) is 6.92 Å². The van der Waals surface area contributed by atoms with E-state index in [1.165, 1.54) is 0 Å². The smallest absolute Gasteiger partial charge is 0.113 e. The van der Waals surface area contributed by atoms with Crippen molar-refractivity contribution in [1.29, 1.82) is 0 Å². The fourth-order valence-electron chi connectivity index (χ4n) is 1.74. The number of alkyl halides is 1. The van der Waals surface area contributed by atoms with Gasteiger partial charge in [-0.15, -0.1) is 0 Å². The Bertz CT molecular complexity index is 238. The van der Waals surface area contributed by atoms with Crippen molar-refractivity contribution in [1.82, 2.24) is 0 Å². The lowest BCUT2D eigenvalue weighted by atomic mass is 10.6. The molecule has 0 N–H and O–H groups in total. The van der Waals surface area contributed by atoms with Crippen LogP contribution in [0, 0.1) is 0 Å². The van der Waals surface area contributed by atoms with E-state index in [1.807, 2.05) is 6.92 Å². The van der Waals surface area contributed by atoms with E-state index in [1.54, 1.807) is 0 Å². The zero-order valence-corrected chi connectivity index (χ0v) is 16.7. The lowest BCUT2D eigenvalue weighted by molar-refractivity contribution is -0.0230. The maximum absolute atomic E-state index is 11.7. The highest BCUT2D eigenvalue weighted by molar-refractivity contribution is 4.37. The summed E-state index contributed by atoms with van der Waals surface area (Å²) in [7, 11) is 0. The lowest BCUT2D eigenvalue weighted by Gasteiger charge is -2.08. The summed E-state index contributed by atoms with van der Waals surface area (Å²) in [5.74, 6) is 0. The van der Waals surface area contributed by atoms with Crippen LogP contribution in [0.4, 0.5) is 4.39 Å². The van der Waals surface area contributed by atoms with Crippen LogP contribution in [0.15, 0.2) is 0 Å². The highest BCUT2D eigenvalue weighted by Crippen LogP contribution is 1.85. The number of halogens is 1. The molecule has 0 aliphatic carbocycles. The third kappa shape index (κ3) is 25.6. The molecule has 0 heterocycles. The topological polar surface area (TPSA) is 73.8 Å². The molecule has 27 heavy (non-hydrogen) atoms. The summed E-state index contributed by atoms with van der Waals surface area (Å²) in [6.07, 6.45) is 0. The van der Waals surface area contributed by atoms with Crippen LogP contribution in [-0.2, 0) is 37.9 Å². The molecular formula is C18H37FO8. The summed E-state index contributed by atoms with van der Waals surface area (Å²) in [6, 6.07) is 0. The molecular weight excluding hydrogens is 363 g/mol. The lowest BCUT2D eigenvalue weighted by Crippen LogP contribution is -2.15. The van der Waals surface area contributed by atoms with Gasteiger partial charge in [0.2, 0.25) is 0 Å². The minimum atomic E-state index is -0.465. The molecule has 0 saturated heterocycles. The van der Waals surface area contributed by atoms with E-state index in [4.69, 9.17) is 37.9 Å². The Kier molecular flexibility index (Phi) is 25.2. The van der Waals surface area contributed by atoms with Gasteiger partial charge in [-0.2, -0.15) is 0 Å². The van der Waals surface area contributed by atoms with Crippen molar-refractivity contribution in [3.63, 3.8) is 0 Å². The largest absolute Gasteiger partial charge is 0.379 e. The van der Waals surface area contributed by atoms with Gasteiger partial charge in [-0.25, -0.2) is 4.39 Å². The van der Waals surface area contributed by atoms with Gasteiger partial charge in [0.05, 0.1) is 99.1 Å². The predicted molar refractivity (Wildman–Crippen MR) is 98.2 cm³/mol. The van der Waals surface area contributed by atoms with Crippen LogP contribution < -0.4 is 0 Å². The highest BCUT2D eigenvalue weighted by Gasteiger charge is 1.94. The Balaban J connectivity index is 2.95. The Labute approximate surface area is 162 Å². The summed E-state index contributed by atoms with van der Waals surface area (Å²) >= 11 is 0. The van der Waals surface area contributed by atoms with Gasteiger partial charge in [-0.3, -0.25) is 0 Å². The van der Waals surface area contributed by atoms with Crippen LogP contribution in [0.2, 0.25) is 0 Å². The molecule has 0 amide bonds. The van der Waals surface area contributed by atoms with Crippen molar-refractivity contribution < 1.29 is 42.3 Å². The Morgan fingerprint density at radius 3 is 0.815 bits per heavy atom. The summed E-state index contributed by atoms with van der Waals surface area (Å²) < 4.78 is 53.9. The molecule has 0 fully saturated rings. The SMILES string of the molecule is CCOCCOCCOCCOCCOCCOCCOCCOCCF. The van der Waals surface area contributed by atoms with Crippen LogP contribution in [0.25, 0.3) is 0 Å². The third-order valence-corrected chi connectivity index (χ3v) is 3.03. The number of ether oxygens (including phenoxy) is 8. The van der Waals surface area contributed by atoms with E-state index in [9.17, 15) is 4.39 Å². The summed E-state index contributed by atoms with van der Waals surface area (Å²) in [6.45, 7) is 9.63. The van der Waals surface area contributed by atoms with Gasteiger partial charge >= 0.3 is 0 Å². The second kappa shape index (κ2) is 25.6. The number of hydrogen-bond acceptors (Lipinski definition) is 8. The molecule has 0 radical (unpaired) electrons. The number of rotatable bonds is 24. The highest BCUT2D eigenvalue weighted by atomic mass is 19.1. The van der Waals surface area contributed by atoms with Crippen molar-refractivity contribution in [3.05, 3.63) is 0 Å². The standard InChI is InChI=1S/C18H37FO8/c1-2-20-5-6-22-9-10-24-13-14-26-17-18-27-16-15-25-12-11-23-8-7-21-4-3-19/h2-18H2,1H3. The summed E-state index contributed by atoms with van der Waals surface area (Å²) in [5, 5.41) is 0. The molecule has 164 valence electrons. The van der Waals surface area contributed by atoms with Crippen molar-refractivity contribution >= 4 is 0 Å². The fourth-order valence-corrected chi connectivity index (χ4v) is 1.74. The number of hydrogen-bond donors (Lipinski definition) is 0. The quantitative estimate of drug-likeness (QED) is 0.223. The van der Waals surface area contributed by atoms with Gasteiger partial charge < -0.3 is 37.9 Å². The first-order valence-corrected chi connectivity index (χ1v) is 9.59. The maximum atomic E-state index is 11.7. The zero-order chi connectivity index (χ0) is 19.7. The van der Waals surface area contributed by atoms with Crippen molar-refractivity contribution in [2.45, 2.75) is 6.92 Å². The molecule has 0 spiro atoms. The fraction of sp³-hybridized carbons (Fsp3) is 1.00. The summed E-state index contributed by atoms with van der Waals surface area (Å²) in [4.78, 5) is 0.